The van der Waals surface area contributed by atoms with E-state index in [0.29, 0.717) is 23.9 Å². The first kappa shape index (κ1) is 25.3. The fourth-order valence-electron chi connectivity index (χ4n) is 4.09. The largest absolute Gasteiger partial charge is 0.492 e. The smallest absolute Gasteiger partial charge is 0.206 e. The zero-order valence-electron chi connectivity index (χ0n) is 20.9. The molecule has 0 unspecified atom stereocenters. The number of unbranched alkanes of at least 4 members (excludes halogenated alkanes) is 3. The number of anilines is 2. The molecule has 34 heavy (non-hydrogen) atoms. The number of methoxy groups -OCH3 is 3. The van der Waals surface area contributed by atoms with Crippen molar-refractivity contribution in [3.8, 4) is 23.0 Å². The highest BCUT2D eigenvalue weighted by atomic mass is 16.5. The number of benzene rings is 3. The van der Waals surface area contributed by atoms with E-state index >= 15 is 0 Å². The van der Waals surface area contributed by atoms with Crippen molar-refractivity contribution in [3.63, 3.8) is 0 Å². The molecular weight excluding hydrogens is 426 g/mol. The van der Waals surface area contributed by atoms with Crippen LogP contribution in [-0.2, 0) is 12.8 Å². The van der Waals surface area contributed by atoms with Gasteiger partial charge in [-0.2, -0.15) is 0 Å². The van der Waals surface area contributed by atoms with Crippen molar-refractivity contribution < 1.29 is 18.9 Å². The summed E-state index contributed by atoms with van der Waals surface area (Å²) in [5.74, 6) is 2.53. The number of rotatable bonds is 14. The molecule has 5 nitrogen and oxygen atoms in total. The van der Waals surface area contributed by atoms with E-state index in [2.05, 4.69) is 36.5 Å². The van der Waals surface area contributed by atoms with Gasteiger partial charge in [0.1, 0.15) is 5.69 Å². The Kier molecular flexibility index (Phi) is 9.96. The van der Waals surface area contributed by atoms with Gasteiger partial charge in [-0.05, 0) is 37.0 Å². The maximum absolute atomic E-state index is 6.48. The molecule has 0 aliphatic carbocycles. The SMILES string of the molecule is CCCCCCOc1c(CCc2ccccc2)c(OC)c(OC)c(OC)c1Nc1ccccc1. The van der Waals surface area contributed by atoms with Crippen molar-refractivity contribution in [1.82, 2.24) is 0 Å². The van der Waals surface area contributed by atoms with Gasteiger partial charge < -0.3 is 24.3 Å². The number of para-hydroxylation sites is 1. The van der Waals surface area contributed by atoms with Crippen LogP contribution in [0.2, 0.25) is 0 Å². The van der Waals surface area contributed by atoms with Crippen molar-refractivity contribution in [2.75, 3.05) is 33.3 Å². The Morgan fingerprint density at radius 3 is 1.91 bits per heavy atom. The van der Waals surface area contributed by atoms with Gasteiger partial charge in [-0.15, -0.1) is 0 Å². The molecule has 3 rings (SSSR count). The van der Waals surface area contributed by atoms with E-state index in [9.17, 15) is 0 Å². The quantitative estimate of drug-likeness (QED) is 0.256. The Morgan fingerprint density at radius 2 is 1.29 bits per heavy atom. The van der Waals surface area contributed by atoms with Crippen LogP contribution in [0.3, 0.4) is 0 Å². The average Bonchev–Trinajstić information content (AvgIpc) is 2.88. The first-order chi connectivity index (χ1) is 16.7. The molecule has 0 saturated carbocycles. The highest BCUT2D eigenvalue weighted by Gasteiger charge is 2.28. The first-order valence-corrected chi connectivity index (χ1v) is 12.1. The van der Waals surface area contributed by atoms with E-state index in [0.717, 1.165) is 48.4 Å². The third kappa shape index (κ3) is 6.37. The van der Waals surface area contributed by atoms with Crippen molar-refractivity contribution in [1.29, 1.82) is 0 Å². The molecule has 0 fully saturated rings. The van der Waals surface area contributed by atoms with Crippen molar-refractivity contribution in [2.45, 2.75) is 45.4 Å². The predicted molar refractivity (Wildman–Crippen MR) is 139 cm³/mol. The number of aryl methyl sites for hydroxylation is 1. The molecule has 0 amide bonds. The zero-order valence-corrected chi connectivity index (χ0v) is 20.9. The predicted octanol–water partition coefficient (Wildman–Crippen LogP) is 7.20. The molecule has 0 aliphatic heterocycles. The Morgan fingerprint density at radius 1 is 0.647 bits per heavy atom. The summed E-state index contributed by atoms with van der Waals surface area (Å²) in [6.07, 6.45) is 6.11. The summed E-state index contributed by atoms with van der Waals surface area (Å²) >= 11 is 0. The second-order valence-electron chi connectivity index (χ2n) is 8.17. The normalized spacial score (nSPS) is 10.6. The van der Waals surface area contributed by atoms with Crippen molar-refractivity contribution >= 4 is 11.4 Å². The van der Waals surface area contributed by atoms with Crippen LogP contribution in [0.1, 0.15) is 43.7 Å². The summed E-state index contributed by atoms with van der Waals surface area (Å²) in [5.41, 5.74) is 3.92. The minimum Gasteiger partial charge on any atom is -0.492 e. The molecule has 0 radical (unpaired) electrons. The van der Waals surface area contributed by atoms with Gasteiger partial charge in [0.25, 0.3) is 0 Å². The van der Waals surface area contributed by atoms with Crippen LogP contribution in [0.15, 0.2) is 60.7 Å². The Balaban J connectivity index is 2.08. The highest BCUT2D eigenvalue weighted by Crippen LogP contribution is 2.53. The number of hydrogen-bond donors (Lipinski definition) is 1. The maximum Gasteiger partial charge on any atom is 0.206 e. The summed E-state index contributed by atoms with van der Waals surface area (Å²) in [5, 5.41) is 3.52. The third-order valence-electron chi connectivity index (χ3n) is 5.82. The molecule has 182 valence electrons. The Hall–Kier alpha value is -3.34. The molecule has 1 N–H and O–H groups in total. The number of hydrogen-bond acceptors (Lipinski definition) is 5. The lowest BCUT2D eigenvalue weighted by molar-refractivity contribution is 0.289. The fraction of sp³-hybridized carbons (Fsp3) is 0.379. The lowest BCUT2D eigenvalue weighted by atomic mass is 10.00. The van der Waals surface area contributed by atoms with Crippen LogP contribution in [0.5, 0.6) is 23.0 Å². The molecule has 0 aromatic heterocycles. The van der Waals surface area contributed by atoms with Gasteiger partial charge in [-0.1, -0.05) is 74.7 Å². The van der Waals surface area contributed by atoms with E-state index in [1.807, 2.05) is 36.4 Å². The average molecular weight is 464 g/mol. The van der Waals surface area contributed by atoms with E-state index in [4.69, 9.17) is 18.9 Å². The summed E-state index contributed by atoms with van der Waals surface area (Å²) < 4.78 is 24.0. The van der Waals surface area contributed by atoms with Gasteiger partial charge in [0.15, 0.2) is 17.2 Å². The van der Waals surface area contributed by atoms with Gasteiger partial charge in [-0.3, -0.25) is 0 Å². The van der Waals surface area contributed by atoms with Crippen molar-refractivity contribution in [2.24, 2.45) is 0 Å². The molecule has 0 bridgehead atoms. The van der Waals surface area contributed by atoms with E-state index in [1.54, 1.807) is 21.3 Å². The van der Waals surface area contributed by atoms with Gasteiger partial charge in [0.2, 0.25) is 5.75 Å². The Bertz CT molecular complexity index is 1010. The van der Waals surface area contributed by atoms with Crippen LogP contribution < -0.4 is 24.3 Å². The summed E-state index contributed by atoms with van der Waals surface area (Å²) in [7, 11) is 4.94. The van der Waals surface area contributed by atoms with Gasteiger partial charge in [0.05, 0.1) is 27.9 Å². The first-order valence-electron chi connectivity index (χ1n) is 12.1. The molecule has 0 spiro atoms. The molecule has 0 saturated heterocycles. The maximum atomic E-state index is 6.48. The molecule has 3 aromatic rings. The third-order valence-corrected chi connectivity index (χ3v) is 5.82. The second-order valence-corrected chi connectivity index (χ2v) is 8.17. The molecular formula is C29H37NO4. The van der Waals surface area contributed by atoms with E-state index < -0.39 is 0 Å². The minimum absolute atomic E-state index is 0.560. The molecule has 5 heteroatoms. The second kappa shape index (κ2) is 13.4. The van der Waals surface area contributed by atoms with Crippen LogP contribution >= 0.6 is 0 Å². The summed E-state index contributed by atoms with van der Waals surface area (Å²) in [6.45, 7) is 2.84. The van der Waals surface area contributed by atoms with Gasteiger partial charge >= 0.3 is 0 Å². The monoisotopic (exact) mass is 463 g/mol. The van der Waals surface area contributed by atoms with Crippen LogP contribution in [0, 0.1) is 0 Å². The fourth-order valence-corrected chi connectivity index (χ4v) is 4.09. The number of nitrogens with one attached hydrogen (secondary N) is 1. The number of ether oxygens (including phenoxy) is 4. The standard InChI is InChI=1S/C29H37NO4/c1-5-6-7-14-21-34-26-24(20-19-22-15-10-8-11-16-22)27(31-2)29(33-4)28(32-3)25(26)30-23-17-12-9-13-18-23/h8-13,15-18,30H,5-7,14,19-21H2,1-4H3. The van der Waals surface area contributed by atoms with Crippen LogP contribution in [-0.4, -0.2) is 27.9 Å². The van der Waals surface area contributed by atoms with E-state index in [1.165, 1.54) is 18.4 Å². The Labute approximate surface area is 204 Å². The topological polar surface area (TPSA) is 49.0 Å². The highest BCUT2D eigenvalue weighted by molar-refractivity contribution is 5.82. The minimum atomic E-state index is 0.560. The summed E-state index contributed by atoms with van der Waals surface area (Å²) in [4.78, 5) is 0. The molecule has 3 aromatic carbocycles. The summed E-state index contributed by atoms with van der Waals surface area (Å²) in [6, 6.07) is 20.5. The molecule has 0 aliphatic rings. The van der Waals surface area contributed by atoms with Crippen LogP contribution in [0.4, 0.5) is 11.4 Å². The zero-order chi connectivity index (χ0) is 24.2. The van der Waals surface area contributed by atoms with E-state index in [-0.39, 0.29) is 0 Å². The molecule has 0 heterocycles. The lowest BCUT2D eigenvalue weighted by Gasteiger charge is -2.25. The van der Waals surface area contributed by atoms with Gasteiger partial charge in [0, 0.05) is 11.3 Å². The molecule has 0 atom stereocenters. The lowest BCUT2D eigenvalue weighted by Crippen LogP contribution is -2.10. The van der Waals surface area contributed by atoms with Crippen LogP contribution in [0.25, 0.3) is 0 Å². The van der Waals surface area contributed by atoms with Crippen molar-refractivity contribution in [3.05, 3.63) is 71.8 Å². The van der Waals surface area contributed by atoms with Gasteiger partial charge in [-0.25, -0.2) is 0 Å².